The highest BCUT2D eigenvalue weighted by atomic mass is 16.7. The lowest BCUT2D eigenvalue weighted by atomic mass is 9.84. The van der Waals surface area contributed by atoms with Crippen molar-refractivity contribution in [2.75, 3.05) is 19.9 Å². The Morgan fingerprint density at radius 3 is 2.50 bits per heavy atom. The summed E-state index contributed by atoms with van der Waals surface area (Å²) in [5.41, 5.74) is 1.76. The van der Waals surface area contributed by atoms with Gasteiger partial charge < -0.3 is 20.1 Å². The van der Waals surface area contributed by atoms with Crippen molar-refractivity contribution in [3.63, 3.8) is 0 Å². The molecule has 28 heavy (non-hydrogen) atoms. The second kappa shape index (κ2) is 8.78. The van der Waals surface area contributed by atoms with Crippen molar-refractivity contribution in [2.24, 2.45) is 0 Å². The third kappa shape index (κ3) is 5.25. The predicted molar refractivity (Wildman–Crippen MR) is 106 cm³/mol. The third-order valence-corrected chi connectivity index (χ3v) is 4.76. The molecular weight excluding hydrogens is 356 g/mol. The van der Waals surface area contributed by atoms with Crippen LogP contribution in [0, 0.1) is 0 Å². The molecule has 0 aliphatic carbocycles. The Morgan fingerprint density at radius 2 is 1.71 bits per heavy atom. The van der Waals surface area contributed by atoms with Crippen molar-refractivity contribution in [1.29, 1.82) is 0 Å². The van der Waals surface area contributed by atoms with E-state index >= 15 is 0 Å². The predicted octanol–water partition coefficient (Wildman–Crippen LogP) is 2.56. The van der Waals surface area contributed by atoms with Crippen molar-refractivity contribution in [2.45, 2.75) is 32.1 Å². The van der Waals surface area contributed by atoms with Crippen LogP contribution >= 0.6 is 0 Å². The molecular formula is C22H26N2O4. The SMILES string of the molecule is CC(C)(CNC(=O)CCNC(=O)Cc1ccccc1)c1ccc2c(c1)OCO2. The fourth-order valence-corrected chi connectivity index (χ4v) is 2.99. The summed E-state index contributed by atoms with van der Waals surface area (Å²) in [5.74, 6) is 1.31. The number of fused-ring (bicyclic) bond motifs is 1. The molecule has 1 aliphatic rings. The standard InChI is InChI=1S/C22H26N2O4/c1-22(2,17-8-9-18-19(13-17)28-15-27-18)14-24-20(25)10-11-23-21(26)12-16-6-4-3-5-7-16/h3-9,13H,10-12,14-15H2,1-2H3,(H,23,26)(H,24,25). The van der Waals surface area contributed by atoms with Crippen LogP contribution in [0.5, 0.6) is 11.5 Å². The van der Waals surface area contributed by atoms with Crippen LogP contribution in [0.2, 0.25) is 0 Å². The highest BCUT2D eigenvalue weighted by molar-refractivity contribution is 5.80. The maximum atomic E-state index is 12.1. The zero-order valence-corrected chi connectivity index (χ0v) is 16.3. The normalized spacial score (nSPS) is 12.5. The van der Waals surface area contributed by atoms with Crippen LogP contribution < -0.4 is 20.1 Å². The number of nitrogens with one attached hydrogen (secondary N) is 2. The Bertz CT molecular complexity index is 834. The Balaban J connectivity index is 1.40. The fraction of sp³-hybridized carbons (Fsp3) is 0.364. The Hall–Kier alpha value is -3.02. The van der Waals surface area contributed by atoms with Gasteiger partial charge in [-0.2, -0.15) is 0 Å². The number of carbonyl (C=O) groups excluding carboxylic acids is 2. The molecule has 0 atom stereocenters. The molecule has 0 radical (unpaired) electrons. The van der Waals surface area contributed by atoms with Gasteiger partial charge in [-0.05, 0) is 23.3 Å². The Labute approximate surface area is 165 Å². The van der Waals surface area contributed by atoms with E-state index in [1.54, 1.807) is 0 Å². The molecule has 0 spiro atoms. The molecule has 3 rings (SSSR count). The lowest BCUT2D eigenvalue weighted by molar-refractivity contribution is -0.122. The zero-order valence-electron chi connectivity index (χ0n) is 16.3. The molecule has 148 valence electrons. The second-order valence-corrected chi connectivity index (χ2v) is 7.49. The molecule has 0 bridgehead atoms. The summed E-state index contributed by atoms with van der Waals surface area (Å²) in [6.07, 6.45) is 0.567. The average Bonchev–Trinajstić information content (AvgIpc) is 3.15. The maximum absolute atomic E-state index is 12.1. The number of ether oxygens (including phenoxy) is 2. The molecule has 2 aromatic rings. The third-order valence-electron chi connectivity index (χ3n) is 4.76. The lowest BCUT2D eigenvalue weighted by Gasteiger charge is -2.26. The molecule has 1 heterocycles. The van der Waals surface area contributed by atoms with Crippen LogP contribution in [0.4, 0.5) is 0 Å². The highest BCUT2D eigenvalue weighted by Gasteiger charge is 2.24. The van der Waals surface area contributed by atoms with E-state index in [2.05, 4.69) is 24.5 Å². The molecule has 1 aliphatic heterocycles. The molecule has 6 nitrogen and oxygen atoms in total. The molecule has 2 N–H and O–H groups in total. The largest absolute Gasteiger partial charge is 0.454 e. The molecule has 0 fully saturated rings. The minimum absolute atomic E-state index is 0.0836. The van der Waals surface area contributed by atoms with Gasteiger partial charge in [-0.3, -0.25) is 9.59 Å². The van der Waals surface area contributed by atoms with Gasteiger partial charge in [0, 0.05) is 24.9 Å². The summed E-state index contributed by atoms with van der Waals surface area (Å²) in [4.78, 5) is 24.1. The Morgan fingerprint density at radius 1 is 0.964 bits per heavy atom. The van der Waals surface area contributed by atoms with Gasteiger partial charge in [0.15, 0.2) is 11.5 Å². The molecule has 6 heteroatoms. The van der Waals surface area contributed by atoms with Crippen molar-refractivity contribution in [1.82, 2.24) is 10.6 Å². The summed E-state index contributed by atoms with van der Waals surface area (Å²) < 4.78 is 10.8. The average molecular weight is 382 g/mol. The van der Waals surface area contributed by atoms with Gasteiger partial charge in [0.1, 0.15) is 0 Å². The number of amides is 2. The van der Waals surface area contributed by atoms with Gasteiger partial charge in [0.2, 0.25) is 18.6 Å². The first-order valence-corrected chi connectivity index (χ1v) is 9.41. The molecule has 0 saturated heterocycles. The number of carbonyl (C=O) groups is 2. The quantitative estimate of drug-likeness (QED) is 0.736. The number of rotatable bonds is 8. The Kier molecular flexibility index (Phi) is 6.19. The minimum Gasteiger partial charge on any atom is -0.454 e. The highest BCUT2D eigenvalue weighted by Crippen LogP contribution is 2.36. The smallest absolute Gasteiger partial charge is 0.231 e. The number of benzene rings is 2. The van der Waals surface area contributed by atoms with E-state index in [1.807, 2.05) is 48.5 Å². The van der Waals surface area contributed by atoms with E-state index in [-0.39, 0.29) is 30.4 Å². The first kappa shape index (κ1) is 19.7. The van der Waals surface area contributed by atoms with Crippen molar-refractivity contribution >= 4 is 11.8 Å². The van der Waals surface area contributed by atoms with Crippen LogP contribution in [0.3, 0.4) is 0 Å². The van der Waals surface area contributed by atoms with Crippen molar-refractivity contribution < 1.29 is 19.1 Å². The minimum atomic E-state index is -0.257. The molecule has 2 amide bonds. The topological polar surface area (TPSA) is 76.7 Å². The van der Waals surface area contributed by atoms with E-state index in [4.69, 9.17) is 9.47 Å². The van der Waals surface area contributed by atoms with Crippen LogP contribution in [0.1, 0.15) is 31.4 Å². The van der Waals surface area contributed by atoms with Crippen LogP contribution in [0.15, 0.2) is 48.5 Å². The first-order chi connectivity index (χ1) is 13.4. The summed E-state index contributed by atoms with van der Waals surface area (Å²) >= 11 is 0. The molecule has 0 unspecified atom stereocenters. The van der Waals surface area contributed by atoms with Crippen LogP contribution in [-0.2, 0) is 21.4 Å². The van der Waals surface area contributed by atoms with Gasteiger partial charge >= 0.3 is 0 Å². The summed E-state index contributed by atoms with van der Waals surface area (Å²) in [5, 5.41) is 5.74. The van der Waals surface area contributed by atoms with Gasteiger partial charge in [0.05, 0.1) is 6.42 Å². The number of hydrogen-bond acceptors (Lipinski definition) is 4. The van der Waals surface area contributed by atoms with Gasteiger partial charge in [-0.1, -0.05) is 50.2 Å². The van der Waals surface area contributed by atoms with Crippen LogP contribution in [-0.4, -0.2) is 31.7 Å². The molecule has 2 aromatic carbocycles. The van der Waals surface area contributed by atoms with Crippen molar-refractivity contribution in [3.05, 3.63) is 59.7 Å². The van der Waals surface area contributed by atoms with Crippen LogP contribution in [0.25, 0.3) is 0 Å². The maximum Gasteiger partial charge on any atom is 0.231 e. The van der Waals surface area contributed by atoms with Gasteiger partial charge in [0.25, 0.3) is 0 Å². The van der Waals surface area contributed by atoms with Gasteiger partial charge in [-0.15, -0.1) is 0 Å². The summed E-state index contributed by atoms with van der Waals surface area (Å²) in [6.45, 7) is 5.18. The van der Waals surface area contributed by atoms with E-state index in [1.165, 1.54) is 0 Å². The molecule has 0 aromatic heterocycles. The summed E-state index contributed by atoms with van der Waals surface area (Å²) in [6, 6.07) is 15.4. The first-order valence-electron chi connectivity index (χ1n) is 9.41. The zero-order chi connectivity index (χ0) is 20.0. The lowest BCUT2D eigenvalue weighted by Crippen LogP contribution is -2.38. The second-order valence-electron chi connectivity index (χ2n) is 7.49. The van der Waals surface area contributed by atoms with E-state index in [0.717, 1.165) is 22.6 Å². The number of hydrogen-bond donors (Lipinski definition) is 2. The van der Waals surface area contributed by atoms with E-state index in [9.17, 15) is 9.59 Å². The molecule has 0 saturated carbocycles. The van der Waals surface area contributed by atoms with Crippen molar-refractivity contribution in [3.8, 4) is 11.5 Å². The fourth-order valence-electron chi connectivity index (χ4n) is 2.99. The van der Waals surface area contributed by atoms with E-state index < -0.39 is 0 Å². The monoisotopic (exact) mass is 382 g/mol. The van der Waals surface area contributed by atoms with E-state index in [0.29, 0.717) is 19.5 Å². The van der Waals surface area contributed by atoms with Gasteiger partial charge in [-0.25, -0.2) is 0 Å². The summed E-state index contributed by atoms with van der Waals surface area (Å²) in [7, 11) is 0.